The second-order valence-corrected chi connectivity index (χ2v) is 16.7. The molecular weight excluding hydrogens is 912 g/mol. The highest BCUT2D eigenvalue weighted by atomic mass is 79.9. The number of methoxy groups -OCH3 is 5. The molecule has 0 fully saturated rings. The third-order valence-electron chi connectivity index (χ3n) is 10.9. The molecule has 4 rings (SSSR count). The van der Waals surface area contributed by atoms with E-state index in [1.165, 1.54) is 34.5 Å². The number of carbonyl (C=O) groups is 5. The lowest BCUT2D eigenvalue weighted by atomic mass is 9.87. The first-order chi connectivity index (χ1) is 31.7. The van der Waals surface area contributed by atoms with Crippen molar-refractivity contribution in [2.75, 3.05) is 48.8 Å². The highest BCUT2D eigenvalue weighted by Crippen LogP contribution is 2.34. The summed E-state index contributed by atoms with van der Waals surface area (Å²) < 4.78 is 43.8. The van der Waals surface area contributed by atoms with Crippen LogP contribution in [0.4, 0.5) is 0 Å². The zero-order chi connectivity index (χ0) is 48.1. The Balaban J connectivity index is 1.66. The molecule has 14 heteroatoms. The Morgan fingerprint density at radius 1 is 0.561 bits per heavy atom. The number of esters is 5. The van der Waals surface area contributed by atoms with Crippen LogP contribution in [0.2, 0.25) is 0 Å². The Morgan fingerprint density at radius 3 is 1.62 bits per heavy atom. The number of rotatable bonds is 26. The van der Waals surface area contributed by atoms with Gasteiger partial charge in [0, 0.05) is 49.9 Å². The maximum atomic E-state index is 13.4. The molecule has 66 heavy (non-hydrogen) atoms. The van der Waals surface area contributed by atoms with E-state index in [1.54, 1.807) is 33.1 Å². The van der Waals surface area contributed by atoms with Gasteiger partial charge < -0.3 is 37.9 Å². The number of ether oxygens (including phenoxy) is 8. The number of hydrogen-bond acceptors (Lipinski definition) is 13. The quantitative estimate of drug-likeness (QED) is 0.0146. The van der Waals surface area contributed by atoms with Crippen molar-refractivity contribution < 1.29 is 61.9 Å². The van der Waals surface area contributed by atoms with Crippen molar-refractivity contribution in [3.63, 3.8) is 0 Å². The molecule has 13 nitrogen and oxygen atoms in total. The topological polar surface area (TPSA) is 159 Å². The van der Waals surface area contributed by atoms with Gasteiger partial charge in [-0.3, -0.25) is 19.2 Å². The summed E-state index contributed by atoms with van der Waals surface area (Å²) in [6.45, 7) is 4.14. The molecule has 0 heterocycles. The van der Waals surface area contributed by atoms with Crippen LogP contribution in [0, 0.1) is 5.41 Å². The SMILES string of the molecule is COC(=O)/C=C/c1cc(Cc2ccc(Cc3ccc(Cc4ccccc4OC(=O)C(C)(C)CCCC(=O)OC)cc3OCCCC(=O)OC)cc2OCCCC(=O)OC)c(OC)cc1CBr. The smallest absolute Gasteiger partial charge is 0.330 e. The molecule has 0 atom stereocenters. The van der Waals surface area contributed by atoms with Crippen LogP contribution in [-0.2, 0) is 67.5 Å². The van der Waals surface area contributed by atoms with Crippen LogP contribution in [-0.4, -0.2) is 78.6 Å². The van der Waals surface area contributed by atoms with Crippen molar-refractivity contribution in [3.8, 4) is 23.0 Å². The Bertz CT molecular complexity index is 2320. The number of alkyl halides is 1. The molecule has 0 aliphatic heterocycles. The first-order valence-electron chi connectivity index (χ1n) is 21.8. The minimum absolute atomic E-state index is 0.203. The van der Waals surface area contributed by atoms with E-state index in [-0.39, 0.29) is 50.4 Å². The molecular formula is C52H61BrO13. The van der Waals surface area contributed by atoms with Crippen molar-refractivity contribution in [1.29, 1.82) is 0 Å². The van der Waals surface area contributed by atoms with E-state index < -0.39 is 17.4 Å². The fraction of sp³-hybridized carbons (Fsp3) is 0.404. The van der Waals surface area contributed by atoms with Gasteiger partial charge in [0.05, 0.1) is 54.2 Å². The van der Waals surface area contributed by atoms with Crippen molar-refractivity contribution in [2.45, 2.75) is 83.4 Å². The Morgan fingerprint density at radius 2 is 1.09 bits per heavy atom. The van der Waals surface area contributed by atoms with Gasteiger partial charge in [-0.1, -0.05) is 58.4 Å². The van der Waals surface area contributed by atoms with Crippen molar-refractivity contribution in [3.05, 3.63) is 123 Å². The zero-order valence-corrected chi connectivity index (χ0v) is 40.5. The lowest BCUT2D eigenvalue weighted by Crippen LogP contribution is -2.29. The third kappa shape index (κ3) is 16.4. The van der Waals surface area contributed by atoms with Crippen LogP contribution < -0.4 is 18.9 Å². The molecule has 0 bridgehead atoms. The summed E-state index contributed by atoms with van der Waals surface area (Å²) in [6, 6.07) is 23.3. The van der Waals surface area contributed by atoms with Crippen LogP contribution in [0.3, 0.4) is 0 Å². The summed E-state index contributed by atoms with van der Waals surface area (Å²) in [4.78, 5) is 60.9. The Kier molecular flexibility index (Phi) is 21.2. The fourth-order valence-corrected chi connectivity index (χ4v) is 7.49. The van der Waals surface area contributed by atoms with Crippen LogP contribution in [0.5, 0.6) is 23.0 Å². The van der Waals surface area contributed by atoms with Gasteiger partial charge in [-0.15, -0.1) is 0 Å². The van der Waals surface area contributed by atoms with E-state index in [4.69, 9.17) is 37.9 Å². The first kappa shape index (κ1) is 52.5. The first-order valence-corrected chi connectivity index (χ1v) is 22.9. The van der Waals surface area contributed by atoms with E-state index in [2.05, 4.69) is 15.9 Å². The Hall–Kier alpha value is -6.15. The molecule has 4 aromatic carbocycles. The number of carbonyl (C=O) groups excluding carboxylic acids is 5. The molecule has 0 unspecified atom stereocenters. The molecule has 0 saturated carbocycles. The predicted octanol–water partition coefficient (Wildman–Crippen LogP) is 9.49. The van der Waals surface area contributed by atoms with Gasteiger partial charge in [0.2, 0.25) is 0 Å². The molecule has 4 aromatic rings. The third-order valence-corrected chi connectivity index (χ3v) is 11.5. The highest BCUT2D eigenvalue weighted by Gasteiger charge is 2.30. The lowest BCUT2D eigenvalue weighted by molar-refractivity contribution is -0.146. The molecule has 0 aliphatic rings. The van der Waals surface area contributed by atoms with Gasteiger partial charge in [0.1, 0.15) is 23.0 Å². The van der Waals surface area contributed by atoms with Crippen molar-refractivity contribution in [1.82, 2.24) is 0 Å². The largest absolute Gasteiger partial charge is 0.496 e. The van der Waals surface area contributed by atoms with Crippen molar-refractivity contribution in [2.24, 2.45) is 5.41 Å². The van der Waals surface area contributed by atoms with E-state index in [0.29, 0.717) is 73.3 Å². The molecule has 0 aliphatic carbocycles. The monoisotopic (exact) mass is 972 g/mol. The minimum atomic E-state index is -0.834. The van der Waals surface area contributed by atoms with Gasteiger partial charge in [-0.25, -0.2) is 4.79 Å². The maximum absolute atomic E-state index is 13.4. The Labute approximate surface area is 396 Å². The number of para-hydroxylation sites is 1. The second-order valence-electron chi connectivity index (χ2n) is 16.1. The van der Waals surface area contributed by atoms with Crippen LogP contribution >= 0.6 is 15.9 Å². The maximum Gasteiger partial charge on any atom is 0.330 e. The van der Waals surface area contributed by atoms with E-state index in [1.807, 2.05) is 66.7 Å². The van der Waals surface area contributed by atoms with Gasteiger partial charge in [-0.05, 0) is 120 Å². The van der Waals surface area contributed by atoms with Gasteiger partial charge in [0.25, 0.3) is 0 Å². The predicted molar refractivity (Wildman–Crippen MR) is 253 cm³/mol. The lowest BCUT2D eigenvalue weighted by Gasteiger charge is -2.23. The van der Waals surface area contributed by atoms with E-state index in [0.717, 1.165) is 44.5 Å². The minimum Gasteiger partial charge on any atom is -0.496 e. The molecule has 0 spiro atoms. The summed E-state index contributed by atoms with van der Waals surface area (Å²) >= 11 is 3.55. The van der Waals surface area contributed by atoms with Crippen molar-refractivity contribution >= 4 is 51.9 Å². The molecule has 0 amide bonds. The summed E-state index contributed by atoms with van der Waals surface area (Å²) in [6.07, 6.45) is 6.89. The fourth-order valence-electron chi connectivity index (χ4n) is 7.00. The summed E-state index contributed by atoms with van der Waals surface area (Å²) in [7, 11) is 7.00. The number of benzene rings is 4. The zero-order valence-electron chi connectivity index (χ0n) is 39.0. The molecule has 0 radical (unpaired) electrons. The average Bonchev–Trinajstić information content (AvgIpc) is 3.32. The van der Waals surface area contributed by atoms with Gasteiger partial charge >= 0.3 is 29.8 Å². The normalized spacial score (nSPS) is 11.2. The molecule has 0 aromatic heterocycles. The summed E-state index contributed by atoms with van der Waals surface area (Å²) in [5, 5.41) is 0.536. The molecule has 0 saturated heterocycles. The average molecular weight is 974 g/mol. The highest BCUT2D eigenvalue weighted by molar-refractivity contribution is 9.08. The van der Waals surface area contributed by atoms with Crippen LogP contribution in [0.25, 0.3) is 6.08 Å². The summed E-state index contributed by atoms with van der Waals surface area (Å²) in [5.41, 5.74) is 6.20. The summed E-state index contributed by atoms with van der Waals surface area (Å²) in [5.74, 6) is 0.544. The van der Waals surface area contributed by atoms with Gasteiger partial charge in [-0.2, -0.15) is 0 Å². The standard InChI is InChI=1S/C52H61BrO13/c1-52(2,24-10-15-47(54)60-4)51(58)66-43-14-9-8-13-38(43)27-35-18-20-39(45(29-35)64-25-11-16-48(55)61-5)28-36-19-21-40(46(30-36)65-26-12-17-49(56)62-6)32-41-31-37(22-23-50(57)63-7)42(34-53)33-44(41)59-3/h8-9,13-14,18-23,29-31,33H,10-12,15-17,24-28,32,34H2,1-7H3/b23-22+. The second kappa shape index (κ2) is 26.7. The number of hydrogen-bond donors (Lipinski definition) is 0. The van der Waals surface area contributed by atoms with Gasteiger partial charge in [0.15, 0.2) is 0 Å². The molecule has 0 N–H and O–H groups in total. The van der Waals surface area contributed by atoms with E-state index >= 15 is 0 Å². The van der Waals surface area contributed by atoms with Crippen LogP contribution in [0.1, 0.15) is 103 Å². The number of halogens is 1. The van der Waals surface area contributed by atoms with E-state index in [9.17, 15) is 24.0 Å². The van der Waals surface area contributed by atoms with Crippen LogP contribution in [0.15, 0.2) is 78.9 Å². The molecule has 354 valence electrons.